The number of anilines is 1. The molecule has 0 saturated heterocycles. The van der Waals surface area contributed by atoms with Crippen LogP contribution in [-0.4, -0.2) is 17.1 Å². The number of benzene rings is 3. The lowest BCUT2D eigenvalue weighted by molar-refractivity contribution is 0.361. The molecule has 1 fully saturated rings. The van der Waals surface area contributed by atoms with E-state index in [1.807, 2.05) is 30.5 Å². The molecule has 1 unspecified atom stereocenters. The van der Waals surface area contributed by atoms with Gasteiger partial charge in [-0.1, -0.05) is 82.3 Å². The van der Waals surface area contributed by atoms with Crippen molar-refractivity contribution in [1.29, 1.82) is 0 Å². The second-order valence-electron chi connectivity index (χ2n) is 12.3. The molecule has 2 aliphatic rings. The van der Waals surface area contributed by atoms with Gasteiger partial charge in [-0.3, -0.25) is 0 Å². The highest BCUT2D eigenvalue weighted by molar-refractivity contribution is 7.96. The van der Waals surface area contributed by atoms with E-state index in [1.165, 1.54) is 41.7 Å². The Kier molecular flexibility index (Phi) is 8.26. The highest BCUT2D eigenvalue weighted by Gasteiger charge is 2.28. The molecule has 1 atom stereocenters. The minimum absolute atomic E-state index is 0.0433. The van der Waals surface area contributed by atoms with E-state index in [0.29, 0.717) is 32.0 Å². The number of nitrogens with zero attached hydrogens (tertiary/aromatic N) is 2. The molecular formula is C35H40F2N2S. The molecule has 2 nitrogen and oxygen atoms in total. The van der Waals surface area contributed by atoms with Crippen LogP contribution in [0.2, 0.25) is 0 Å². The molecule has 210 valence electrons. The summed E-state index contributed by atoms with van der Waals surface area (Å²) < 4.78 is 30.7. The SMILES string of the molecule is C=C1CC(F)c2cc(N(Cc3cc(C4CC4)cc(C(C)(C)C)c3)C(=C)CN(Cc3ccc(F)cc3)SC)ccc21. The number of hydrogen-bond donors (Lipinski definition) is 0. The summed E-state index contributed by atoms with van der Waals surface area (Å²) in [5.41, 5.74) is 9.46. The van der Waals surface area contributed by atoms with Gasteiger partial charge in [0.2, 0.25) is 0 Å². The molecule has 3 aromatic rings. The third-order valence-corrected chi connectivity index (χ3v) is 8.81. The van der Waals surface area contributed by atoms with Crippen LogP contribution in [-0.2, 0) is 18.5 Å². The van der Waals surface area contributed by atoms with Crippen molar-refractivity contribution in [3.63, 3.8) is 0 Å². The molecule has 2 aliphatic carbocycles. The Morgan fingerprint density at radius 3 is 2.35 bits per heavy atom. The van der Waals surface area contributed by atoms with Crippen molar-refractivity contribution in [2.75, 3.05) is 17.7 Å². The van der Waals surface area contributed by atoms with E-state index in [4.69, 9.17) is 0 Å². The Morgan fingerprint density at radius 1 is 0.975 bits per heavy atom. The van der Waals surface area contributed by atoms with Crippen LogP contribution in [0.4, 0.5) is 14.5 Å². The monoisotopic (exact) mass is 558 g/mol. The van der Waals surface area contributed by atoms with Gasteiger partial charge in [0, 0.05) is 37.4 Å². The first-order chi connectivity index (χ1) is 19.0. The minimum atomic E-state index is -1.02. The molecule has 0 N–H and O–H groups in total. The Hall–Kier alpha value is -2.89. The van der Waals surface area contributed by atoms with Crippen LogP contribution < -0.4 is 4.90 Å². The van der Waals surface area contributed by atoms with Crippen LogP contribution in [0.5, 0.6) is 0 Å². The average Bonchev–Trinajstić information content (AvgIpc) is 3.73. The molecule has 0 aromatic heterocycles. The topological polar surface area (TPSA) is 6.48 Å². The molecule has 5 rings (SSSR count). The van der Waals surface area contributed by atoms with E-state index in [2.05, 4.69) is 67.4 Å². The molecule has 0 heterocycles. The number of fused-ring (bicyclic) bond motifs is 1. The van der Waals surface area contributed by atoms with Crippen molar-refractivity contribution in [1.82, 2.24) is 4.31 Å². The van der Waals surface area contributed by atoms with Crippen LogP contribution in [0.15, 0.2) is 79.5 Å². The van der Waals surface area contributed by atoms with Crippen LogP contribution >= 0.6 is 11.9 Å². The van der Waals surface area contributed by atoms with Crippen molar-refractivity contribution in [3.8, 4) is 0 Å². The predicted molar refractivity (Wildman–Crippen MR) is 167 cm³/mol. The van der Waals surface area contributed by atoms with E-state index in [9.17, 15) is 8.78 Å². The Balaban J connectivity index is 1.47. The lowest BCUT2D eigenvalue weighted by Gasteiger charge is -2.32. The van der Waals surface area contributed by atoms with Crippen LogP contribution in [0.1, 0.15) is 85.5 Å². The smallest absolute Gasteiger partial charge is 0.130 e. The number of rotatable bonds is 10. The van der Waals surface area contributed by atoms with Gasteiger partial charge in [-0.15, -0.1) is 0 Å². The largest absolute Gasteiger partial charge is 0.340 e. The van der Waals surface area contributed by atoms with Crippen molar-refractivity contribution in [3.05, 3.63) is 119 Å². The first kappa shape index (κ1) is 28.6. The molecule has 40 heavy (non-hydrogen) atoms. The highest BCUT2D eigenvalue weighted by atomic mass is 32.2. The summed E-state index contributed by atoms with van der Waals surface area (Å²) in [6.07, 6.45) is 3.88. The fourth-order valence-electron chi connectivity index (χ4n) is 5.47. The molecule has 0 radical (unpaired) electrons. The van der Waals surface area contributed by atoms with E-state index >= 15 is 0 Å². The molecule has 5 heteroatoms. The summed E-state index contributed by atoms with van der Waals surface area (Å²) >= 11 is 1.64. The van der Waals surface area contributed by atoms with Gasteiger partial charge < -0.3 is 4.90 Å². The molecule has 1 saturated carbocycles. The fraction of sp³-hybridized carbons (Fsp3) is 0.371. The molecule has 0 bridgehead atoms. The zero-order valence-electron chi connectivity index (χ0n) is 24.1. The second kappa shape index (κ2) is 11.5. The zero-order valence-corrected chi connectivity index (χ0v) is 25.0. The standard InChI is InChI=1S/C35H40F2N2S/c1-23-15-34(37)33-19-31(13-14-32(23)33)39(24(2)20-38(40-6)21-25-7-11-30(36)12-8-25)22-26-16-28(27-9-10-27)18-29(17-26)35(3,4)5/h7-8,11-14,16-19,27,34H,1-2,9-10,15,20-22H2,3-6H3. The first-order valence-electron chi connectivity index (χ1n) is 14.1. The van der Waals surface area contributed by atoms with Gasteiger partial charge in [0.25, 0.3) is 0 Å². The quantitative estimate of drug-likeness (QED) is 0.229. The average molecular weight is 559 g/mol. The molecule has 3 aromatic carbocycles. The van der Waals surface area contributed by atoms with Crippen molar-refractivity contribution in [2.45, 2.75) is 70.6 Å². The van der Waals surface area contributed by atoms with Gasteiger partial charge >= 0.3 is 0 Å². The third-order valence-electron chi connectivity index (χ3n) is 8.03. The number of allylic oxidation sites excluding steroid dienone is 1. The molecular weight excluding hydrogens is 518 g/mol. The van der Waals surface area contributed by atoms with E-state index in [0.717, 1.165) is 33.6 Å². The molecule has 0 spiro atoms. The molecule has 0 amide bonds. The zero-order chi connectivity index (χ0) is 28.6. The number of halogens is 2. The van der Waals surface area contributed by atoms with Gasteiger partial charge in [0.1, 0.15) is 12.0 Å². The Labute approximate surface area is 242 Å². The molecule has 0 aliphatic heterocycles. The van der Waals surface area contributed by atoms with Gasteiger partial charge in [0.05, 0.1) is 0 Å². The number of hydrogen-bond acceptors (Lipinski definition) is 3. The van der Waals surface area contributed by atoms with E-state index < -0.39 is 6.17 Å². The maximum absolute atomic E-state index is 15.0. The predicted octanol–water partition coefficient (Wildman–Crippen LogP) is 9.73. The summed E-state index contributed by atoms with van der Waals surface area (Å²) in [6, 6.07) is 19.8. The van der Waals surface area contributed by atoms with Crippen LogP contribution in [0.25, 0.3) is 5.57 Å². The Morgan fingerprint density at radius 2 is 1.70 bits per heavy atom. The van der Waals surface area contributed by atoms with Crippen molar-refractivity contribution >= 4 is 23.2 Å². The van der Waals surface area contributed by atoms with Crippen LogP contribution in [0, 0.1) is 5.82 Å². The summed E-state index contributed by atoms with van der Waals surface area (Å²) in [5, 5.41) is 0. The first-order valence-corrected chi connectivity index (χ1v) is 15.3. The lowest BCUT2D eigenvalue weighted by Crippen LogP contribution is -2.29. The lowest BCUT2D eigenvalue weighted by atomic mass is 9.84. The second-order valence-corrected chi connectivity index (χ2v) is 13.2. The summed E-state index contributed by atoms with van der Waals surface area (Å²) in [5.74, 6) is 0.419. The normalized spacial score (nSPS) is 16.9. The van der Waals surface area contributed by atoms with Gasteiger partial charge in [-0.25, -0.2) is 13.1 Å². The van der Waals surface area contributed by atoms with Crippen molar-refractivity contribution in [2.24, 2.45) is 0 Å². The summed E-state index contributed by atoms with van der Waals surface area (Å²) in [6.45, 7) is 17.3. The van der Waals surface area contributed by atoms with E-state index in [-0.39, 0.29) is 11.2 Å². The van der Waals surface area contributed by atoms with E-state index in [1.54, 1.807) is 11.9 Å². The maximum atomic E-state index is 15.0. The van der Waals surface area contributed by atoms with Gasteiger partial charge in [-0.05, 0) is 93.6 Å². The number of alkyl halides is 1. The fourth-order valence-corrected chi connectivity index (χ4v) is 6.02. The Bertz CT molecular complexity index is 1400. The van der Waals surface area contributed by atoms with Gasteiger partial charge in [0.15, 0.2) is 0 Å². The third kappa shape index (κ3) is 6.53. The van der Waals surface area contributed by atoms with Gasteiger partial charge in [-0.2, -0.15) is 0 Å². The summed E-state index contributed by atoms with van der Waals surface area (Å²) in [7, 11) is 0. The van der Waals surface area contributed by atoms with Crippen LogP contribution in [0.3, 0.4) is 0 Å². The maximum Gasteiger partial charge on any atom is 0.130 e. The minimum Gasteiger partial charge on any atom is -0.340 e. The van der Waals surface area contributed by atoms with Crippen molar-refractivity contribution < 1.29 is 8.78 Å². The highest BCUT2D eigenvalue weighted by Crippen LogP contribution is 2.44. The summed E-state index contributed by atoms with van der Waals surface area (Å²) in [4.78, 5) is 2.24.